The van der Waals surface area contributed by atoms with Gasteiger partial charge in [-0.1, -0.05) is 12.1 Å². The first-order valence-electron chi connectivity index (χ1n) is 10.5. The van der Waals surface area contributed by atoms with E-state index in [9.17, 15) is 13.2 Å². The molecule has 2 N–H and O–H groups in total. The van der Waals surface area contributed by atoms with Crippen molar-refractivity contribution in [3.63, 3.8) is 0 Å². The van der Waals surface area contributed by atoms with Crippen molar-refractivity contribution in [3.05, 3.63) is 53.1 Å². The van der Waals surface area contributed by atoms with E-state index in [1.807, 2.05) is 39.0 Å². The number of hydrogen-bond acceptors (Lipinski definition) is 6. The predicted molar refractivity (Wildman–Crippen MR) is 123 cm³/mol. The molecule has 0 heterocycles. The monoisotopic (exact) mass is 464 g/mol. The lowest BCUT2D eigenvalue weighted by molar-refractivity contribution is 0.0939. The number of benzene rings is 2. The Morgan fingerprint density at radius 3 is 2.38 bits per heavy atom. The first kappa shape index (κ1) is 25.6. The number of methoxy groups -OCH3 is 1. The highest BCUT2D eigenvalue weighted by Crippen LogP contribution is 2.31. The third kappa shape index (κ3) is 6.69. The van der Waals surface area contributed by atoms with Crippen LogP contribution in [-0.4, -0.2) is 47.8 Å². The van der Waals surface area contributed by atoms with E-state index in [4.69, 9.17) is 14.2 Å². The highest BCUT2D eigenvalue weighted by molar-refractivity contribution is 7.89. The SMILES string of the molecule is CCOc1ccc(C(C)NC(=O)c2cc(S(=O)(=O)NCCOC)ccc2C)cc1OCC. The summed E-state index contributed by atoms with van der Waals surface area (Å²) in [4.78, 5) is 13.0. The highest BCUT2D eigenvalue weighted by Gasteiger charge is 2.20. The van der Waals surface area contributed by atoms with Gasteiger partial charge in [0.2, 0.25) is 10.0 Å². The topological polar surface area (TPSA) is 103 Å². The standard InChI is InChI=1S/C23H32N2O6S/c1-6-30-21-11-9-18(14-22(21)31-7-2)17(4)25-23(26)20-15-19(10-8-16(20)3)32(27,28)24-12-13-29-5/h8-11,14-15,17,24H,6-7,12-13H2,1-5H3,(H,25,26). The summed E-state index contributed by atoms with van der Waals surface area (Å²) in [7, 11) is -2.26. The number of rotatable bonds is 12. The molecule has 0 aliphatic carbocycles. The van der Waals surface area contributed by atoms with Gasteiger partial charge in [-0.2, -0.15) is 0 Å². The Balaban J connectivity index is 2.22. The van der Waals surface area contributed by atoms with Gasteiger partial charge in [0, 0.05) is 19.2 Å². The van der Waals surface area contributed by atoms with E-state index in [2.05, 4.69) is 10.0 Å². The van der Waals surface area contributed by atoms with Gasteiger partial charge >= 0.3 is 0 Å². The van der Waals surface area contributed by atoms with Crippen molar-refractivity contribution < 1.29 is 27.4 Å². The number of nitrogens with one attached hydrogen (secondary N) is 2. The molecular weight excluding hydrogens is 432 g/mol. The van der Waals surface area contributed by atoms with E-state index < -0.39 is 10.0 Å². The van der Waals surface area contributed by atoms with Crippen LogP contribution >= 0.6 is 0 Å². The zero-order valence-corrected chi connectivity index (χ0v) is 20.0. The Labute approximate surface area is 190 Å². The van der Waals surface area contributed by atoms with Gasteiger partial charge in [-0.3, -0.25) is 4.79 Å². The molecule has 176 valence electrons. The normalized spacial score (nSPS) is 12.3. The van der Waals surface area contributed by atoms with Crippen molar-refractivity contribution >= 4 is 15.9 Å². The average molecular weight is 465 g/mol. The van der Waals surface area contributed by atoms with Crippen molar-refractivity contribution in [2.75, 3.05) is 33.5 Å². The lowest BCUT2D eigenvalue weighted by atomic mass is 10.1. The highest BCUT2D eigenvalue weighted by atomic mass is 32.2. The zero-order chi connectivity index (χ0) is 23.7. The largest absolute Gasteiger partial charge is 0.490 e. The molecular formula is C23H32N2O6S. The second-order valence-corrected chi connectivity index (χ2v) is 8.90. The molecule has 0 aliphatic rings. The van der Waals surface area contributed by atoms with Gasteiger partial charge in [0.15, 0.2) is 11.5 Å². The molecule has 1 atom stereocenters. The Bertz CT molecular complexity index is 1020. The fraction of sp³-hybridized carbons (Fsp3) is 0.435. The molecule has 0 aromatic heterocycles. The number of ether oxygens (including phenoxy) is 3. The van der Waals surface area contributed by atoms with Crippen LogP contribution in [0.15, 0.2) is 41.3 Å². The molecule has 0 aliphatic heterocycles. The molecule has 1 amide bonds. The first-order chi connectivity index (χ1) is 15.2. The summed E-state index contributed by atoms with van der Waals surface area (Å²) in [5.74, 6) is 0.890. The Hall–Kier alpha value is -2.62. The fourth-order valence-electron chi connectivity index (χ4n) is 3.07. The zero-order valence-electron chi connectivity index (χ0n) is 19.2. The van der Waals surface area contributed by atoms with Gasteiger partial charge in [-0.25, -0.2) is 13.1 Å². The summed E-state index contributed by atoms with van der Waals surface area (Å²) in [5.41, 5.74) is 1.81. The van der Waals surface area contributed by atoms with Crippen LogP contribution in [0, 0.1) is 6.92 Å². The summed E-state index contributed by atoms with van der Waals surface area (Å²) in [6, 6.07) is 9.67. The van der Waals surface area contributed by atoms with Gasteiger partial charge < -0.3 is 19.5 Å². The van der Waals surface area contributed by atoms with E-state index in [0.29, 0.717) is 35.8 Å². The van der Waals surface area contributed by atoms with Crippen molar-refractivity contribution in [3.8, 4) is 11.5 Å². The summed E-state index contributed by atoms with van der Waals surface area (Å²) in [6.45, 7) is 8.81. The maximum absolute atomic E-state index is 13.0. The predicted octanol–water partition coefficient (Wildman–Crippen LogP) is 3.21. The van der Waals surface area contributed by atoms with Crippen LogP contribution in [0.25, 0.3) is 0 Å². The van der Waals surface area contributed by atoms with Gasteiger partial charge in [0.25, 0.3) is 5.91 Å². The second-order valence-electron chi connectivity index (χ2n) is 7.13. The van der Waals surface area contributed by atoms with E-state index >= 15 is 0 Å². The smallest absolute Gasteiger partial charge is 0.252 e. The molecule has 1 unspecified atom stereocenters. The number of carbonyl (C=O) groups is 1. The van der Waals surface area contributed by atoms with Crippen LogP contribution in [0.2, 0.25) is 0 Å². The summed E-state index contributed by atoms with van der Waals surface area (Å²) in [5, 5.41) is 2.93. The lowest BCUT2D eigenvalue weighted by Gasteiger charge is -2.18. The van der Waals surface area contributed by atoms with Crippen molar-refractivity contribution in [2.24, 2.45) is 0 Å². The Morgan fingerprint density at radius 2 is 1.72 bits per heavy atom. The Kier molecular flexibility index (Phi) is 9.49. The molecule has 0 spiro atoms. The molecule has 0 fully saturated rings. The average Bonchev–Trinajstić information content (AvgIpc) is 2.75. The molecule has 0 bridgehead atoms. The van der Waals surface area contributed by atoms with Gasteiger partial charge in [-0.05, 0) is 63.1 Å². The van der Waals surface area contributed by atoms with Gasteiger partial charge in [0.05, 0.1) is 30.8 Å². The van der Waals surface area contributed by atoms with Crippen LogP contribution in [0.5, 0.6) is 11.5 Å². The second kappa shape index (κ2) is 11.8. The Morgan fingerprint density at radius 1 is 1.03 bits per heavy atom. The number of carbonyl (C=O) groups excluding carboxylic acids is 1. The van der Waals surface area contributed by atoms with Gasteiger partial charge in [0.1, 0.15) is 0 Å². The molecule has 2 rings (SSSR count). The van der Waals surface area contributed by atoms with E-state index in [0.717, 1.165) is 5.56 Å². The number of amides is 1. The van der Waals surface area contributed by atoms with Crippen molar-refractivity contribution in [1.29, 1.82) is 0 Å². The molecule has 2 aromatic carbocycles. The molecule has 2 aromatic rings. The van der Waals surface area contributed by atoms with Crippen molar-refractivity contribution in [2.45, 2.75) is 38.6 Å². The molecule has 0 saturated carbocycles. The quantitative estimate of drug-likeness (QED) is 0.468. The molecule has 0 radical (unpaired) electrons. The first-order valence-corrected chi connectivity index (χ1v) is 12.0. The third-order valence-corrected chi connectivity index (χ3v) is 6.24. The molecule has 0 saturated heterocycles. The van der Waals surface area contributed by atoms with Gasteiger partial charge in [-0.15, -0.1) is 0 Å². The van der Waals surface area contributed by atoms with Crippen LogP contribution < -0.4 is 19.5 Å². The third-order valence-electron chi connectivity index (χ3n) is 4.78. The van der Waals surface area contributed by atoms with Crippen molar-refractivity contribution in [1.82, 2.24) is 10.0 Å². The molecule has 32 heavy (non-hydrogen) atoms. The van der Waals surface area contributed by atoms with E-state index in [1.165, 1.54) is 19.2 Å². The van der Waals surface area contributed by atoms with E-state index in [-0.39, 0.29) is 30.0 Å². The molecule has 9 heteroatoms. The van der Waals surface area contributed by atoms with Crippen LogP contribution in [0.3, 0.4) is 0 Å². The minimum atomic E-state index is -3.75. The maximum Gasteiger partial charge on any atom is 0.252 e. The molecule has 8 nitrogen and oxygen atoms in total. The minimum Gasteiger partial charge on any atom is -0.490 e. The number of aryl methyl sites for hydroxylation is 1. The summed E-state index contributed by atoms with van der Waals surface area (Å²) >= 11 is 0. The van der Waals surface area contributed by atoms with Crippen LogP contribution in [-0.2, 0) is 14.8 Å². The van der Waals surface area contributed by atoms with Crippen LogP contribution in [0.1, 0.15) is 48.3 Å². The minimum absolute atomic E-state index is 0.0247. The van der Waals surface area contributed by atoms with E-state index in [1.54, 1.807) is 13.0 Å². The van der Waals surface area contributed by atoms with Crippen LogP contribution in [0.4, 0.5) is 0 Å². The fourth-order valence-corrected chi connectivity index (χ4v) is 4.11. The number of sulfonamides is 1. The summed E-state index contributed by atoms with van der Waals surface area (Å²) < 4.78 is 43.6. The maximum atomic E-state index is 13.0. The number of hydrogen-bond donors (Lipinski definition) is 2. The summed E-state index contributed by atoms with van der Waals surface area (Å²) in [6.07, 6.45) is 0. The lowest BCUT2D eigenvalue weighted by Crippen LogP contribution is -2.29.